The average Bonchev–Trinajstić information content (AvgIpc) is 3.13. The highest BCUT2D eigenvalue weighted by Gasteiger charge is 2.21. The van der Waals surface area contributed by atoms with E-state index in [2.05, 4.69) is 54.9 Å². The van der Waals surface area contributed by atoms with Crippen LogP contribution < -0.4 is 5.32 Å². The van der Waals surface area contributed by atoms with E-state index in [9.17, 15) is 0 Å². The molecule has 0 radical (unpaired) electrons. The van der Waals surface area contributed by atoms with Crippen molar-refractivity contribution < 1.29 is 0 Å². The lowest BCUT2D eigenvalue weighted by Crippen LogP contribution is -2.15. The molecule has 20 heavy (non-hydrogen) atoms. The van der Waals surface area contributed by atoms with Crippen LogP contribution in [0.4, 0.5) is 0 Å². The van der Waals surface area contributed by atoms with Gasteiger partial charge in [0.1, 0.15) is 0 Å². The molecule has 2 aromatic rings. The van der Waals surface area contributed by atoms with E-state index in [1.165, 1.54) is 46.5 Å². The highest BCUT2D eigenvalue weighted by molar-refractivity contribution is 5.50. The monoisotopic (exact) mass is 269 g/mol. The predicted molar refractivity (Wildman–Crippen MR) is 82.4 cm³/mol. The summed E-state index contributed by atoms with van der Waals surface area (Å²) >= 11 is 0. The van der Waals surface area contributed by atoms with Gasteiger partial charge >= 0.3 is 0 Å². The molecule has 106 valence electrons. The van der Waals surface area contributed by atoms with E-state index >= 15 is 0 Å². The van der Waals surface area contributed by atoms with Gasteiger partial charge in [0.25, 0.3) is 0 Å². The molecule has 0 unspecified atom stereocenters. The Morgan fingerprint density at radius 2 is 1.80 bits per heavy atom. The van der Waals surface area contributed by atoms with Gasteiger partial charge in [-0.2, -0.15) is 5.10 Å². The number of aryl methyl sites for hydroxylation is 3. The van der Waals surface area contributed by atoms with E-state index in [0.29, 0.717) is 0 Å². The Balaban J connectivity index is 1.94. The minimum atomic E-state index is 0.737. The Morgan fingerprint density at radius 3 is 2.40 bits per heavy atom. The van der Waals surface area contributed by atoms with Crippen molar-refractivity contribution in [3.8, 4) is 5.69 Å². The Bertz CT molecular complexity index is 613. The highest BCUT2D eigenvalue weighted by Crippen LogP contribution is 2.24. The summed E-state index contributed by atoms with van der Waals surface area (Å²) in [5, 5.41) is 8.18. The van der Waals surface area contributed by atoms with Crippen molar-refractivity contribution in [2.75, 3.05) is 0 Å². The summed E-state index contributed by atoms with van der Waals surface area (Å²) in [6, 6.07) is 5.19. The first kappa shape index (κ1) is 13.4. The molecule has 3 nitrogen and oxygen atoms in total. The molecule has 0 atom stereocenters. The maximum absolute atomic E-state index is 4.61. The molecule has 1 heterocycles. The fraction of sp³-hybridized carbons (Fsp3) is 0.471. The van der Waals surface area contributed by atoms with Gasteiger partial charge in [-0.05, 0) is 51.7 Å². The Labute approximate surface area is 121 Å². The largest absolute Gasteiger partial charge is 0.310 e. The zero-order valence-corrected chi connectivity index (χ0v) is 12.8. The van der Waals surface area contributed by atoms with Crippen molar-refractivity contribution in [3.63, 3.8) is 0 Å². The van der Waals surface area contributed by atoms with E-state index < -0.39 is 0 Å². The van der Waals surface area contributed by atoms with E-state index in [-0.39, 0.29) is 0 Å². The smallest absolute Gasteiger partial charge is 0.0707 e. The fourth-order valence-electron chi connectivity index (χ4n) is 2.89. The molecule has 1 N–H and O–H groups in total. The van der Waals surface area contributed by atoms with Crippen LogP contribution in [0.25, 0.3) is 5.69 Å². The van der Waals surface area contributed by atoms with Crippen LogP contribution in [-0.2, 0) is 6.54 Å². The van der Waals surface area contributed by atoms with E-state index in [0.717, 1.165) is 12.6 Å². The highest BCUT2D eigenvalue weighted by atomic mass is 15.3. The number of benzene rings is 1. The number of hydrogen-bond donors (Lipinski definition) is 1. The maximum atomic E-state index is 4.61. The molecule has 0 bridgehead atoms. The fourth-order valence-corrected chi connectivity index (χ4v) is 2.89. The minimum Gasteiger partial charge on any atom is -0.310 e. The summed E-state index contributed by atoms with van der Waals surface area (Å²) in [7, 11) is 0. The van der Waals surface area contributed by atoms with E-state index in [1.807, 2.05) is 6.20 Å². The van der Waals surface area contributed by atoms with E-state index in [4.69, 9.17) is 0 Å². The van der Waals surface area contributed by atoms with Gasteiger partial charge in [0.2, 0.25) is 0 Å². The first-order valence-electron chi connectivity index (χ1n) is 7.41. The topological polar surface area (TPSA) is 29.9 Å². The molecule has 0 saturated heterocycles. The molecule has 1 aromatic carbocycles. The lowest BCUT2D eigenvalue weighted by molar-refractivity contribution is 0.684. The Morgan fingerprint density at radius 1 is 1.15 bits per heavy atom. The van der Waals surface area contributed by atoms with Gasteiger partial charge in [-0.15, -0.1) is 0 Å². The number of nitrogens with zero attached hydrogens (tertiary/aromatic N) is 2. The lowest BCUT2D eigenvalue weighted by Gasteiger charge is -2.13. The van der Waals surface area contributed by atoms with E-state index in [1.54, 1.807) is 0 Å². The summed E-state index contributed by atoms with van der Waals surface area (Å²) < 4.78 is 2.09. The van der Waals surface area contributed by atoms with Crippen LogP contribution >= 0.6 is 0 Å². The molecule has 1 aliphatic rings. The minimum absolute atomic E-state index is 0.737. The summed E-state index contributed by atoms with van der Waals surface area (Å²) in [5.41, 5.74) is 7.66. The molecular weight excluding hydrogens is 246 g/mol. The van der Waals surface area contributed by atoms with Crippen LogP contribution in [0, 0.1) is 27.7 Å². The Kier molecular flexibility index (Phi) is 3.38. The first-order valence-corrected chi connectivity index (χ1v) is 7.41. The third-order valence-corrected chi connectivity index (χ3v) is 4.12. The standard InChI is InChI=1S/C17H23N3/c1-11-7-12(2)17(13(3)8-11)20-14(4)15(10-19-20)9-18-16-5-6-16/h7-8,10,16,18H,5-6,9H2,1-4H3. The van der Waals surface area contributed by atoms with Gasteiger partial charge in [0.05, 0.1) is 11.9 Å². The third-order valence-electron chi connectivity index (χ3n) is 4.12. The second-order valence-corrected chi connectivity index (χ2v) is 6.07. The van der Waals surface area contributed by atoms with Crippen molar-refractivity contribution in [1.29, 1.82) is 0 Å². The zero-order valence-electron chi connectivity index (χ0n) is 12.8. The van der Waals surface area contributed by atoms with Crippen LogP contribution in [0.1, 0.15) is 40.8 Å². The number of rotatable bonds is 4. The zero-order chi connectivity index (χ0) is 14.3. The molecule has 0 aliphatic heterocycles. The molecular formula is C17H23N3. The van der Waals surface area contributed by atoms with Gasteiger partial charge in [-0.3, -0.25) is 0 Å². The summed E-state index contributed by atoms with van der Waals surface area (Å²) in [5.74, 6) is 0. The van der Waals surface area contributed by atoms with Gasteiger partial charge in [0.15, 0.2) is 0 Å². The van der Waals surface area contributed by atoms with Gasteiger partial charge < -0.3 is 5.32 Å². The molecule has 1 fully saturated rings. The lowest BCUT2D eigenvalue weighted by atomic mass is 10.0. The van der Waals surface area contributed by atoms with Crippen molar-refractivity contribution >= 4 is 0 Å². The molecule has 1 saturated carbocycles. The van der Waals surface area contributed by atoms with Gasteiger partial charge in [-0.25, -0.2) is 4.68 Å². The normalized spacial score (nSPS) is 14.8. The van der Waals surface area contributed by atoms with Crippen LogP contribution in [0.2, 0.25) is 0 Å². The number of nitrogens with one attached hydrogen (secondary N) is 1. The van der Waals surface area contributed by atoms with Crippen molar-refractivity contribution in [3.05, 3.63) is 46.3 Å². The van der Waals surface area contributed by atoms with Crippen LogP contribution in [0.5, 0.6) is 0 Å². The Hall–Kier alpha value is -1.61. The van der Waals surface area contributed by atoms with Crippen LogP contribution in [-0.4, -0.2) is 15.8 Å². The second-order valence-electron chi connectivity index (χ2n) is 6.07. The summed E-state index contributed by atoms with van der Waals surface area (Å²) in [6.07, 6.45) is 4.65. The first-order chi connectivity index (χ1) is 9.56. The second kappa shape index (κ2) is 5.06. The van der Waals surface area contributed by atoms with Crippen molar-refractivity contribution in [2.24, 2.45) is 0 Å². The van der Waals surface area contributed by atoms with Gasteiger partial charge in [0, 0.05) is 23.8 Å². The molecule has 0 amide bonds. The SMILES string of the molecule is Cc1cc(C)c(-n2ncc(CNC3CC3)c2C)c(C)c1. The molecule has 3 rings (SSSR count). The van der Waals surface area contributed by atoms with Gasteiger partial charge in [-0.1, -0.05) is 17.7 Å². The summed E-state index contributed by atoms with van der Waals surface area (Å²) in [6.45, 7) is 9.57. The molecule has 1 aliphatic carbocycles. The predicted octanol–water partition coefficient (Wildman–Crippen LogP) is 3.36. The van der Waals surface area contributed by atoms with Crippen LogP contribution in [0.15, 0.2) is 18.3 Å². The molecule has 3 heteroatoms. The molecule has 0 spiro atoms. The number of hydrogen-bond acceptors (Lipinski definition) is 2. The summed E-state index contributed by atoms with van der Waals surface area (Å²) in [4.78, 5) is 0. The number of aromatic nitrogens is 2. The average molecular weight is 269 g/mol. The van der Waals surface area contributed by atoms with Crippen molar-refractivity contribution in [2.45, 2.75) is 53.1 Å². The third kappa shape index (κ3) is 2.50. The maximum Gasteiger partial charge on any atom is 0.0707 e. The van der Waals surface area contributed by atoms with Crippen molar-refractivity contribution in [1.82, 2.24) is 15.1 Å². The molecule has 1 aromatic heterocycles. The quantitative estimate of drug-likeness (QED) is 0.922. The van der Waals surface area contributed by atoms with Crippen LogP contribution in [0.3, 0.4) is 0 Å².